The van der Waals surface area contributed by atoms with Crippen molar-refractivity contribution in [2.45, 2.75) is 57.4 Å². The van der Waals surface area contributed by atoms with Gasteiger partial charge in [-0.2, -0.15) is 0 Å². The number of hydrogen-bond acceptors (Lipinski definition) is 2. The SMILES string of the molecule is O=C(O)CN(CC1CC1)C(=O)NC1CCCCCC1. The molecule has 2 rings (SSSR count). The van der Waals surface area contributed by atoms with Gasteiger partial charge in [0.05, 0.1) is 0 Å². The minimum Gasteiger partial charge on any atom is -0.480 e. The van der Waals surface area contributed by atoms with Crippen LogP contribution in [0.3, 0.4) is 0 Å². The Hall–Kier alpha value is -1.26. The van der Waals surface area contributed by atoms with Crippen LogP contribution in [-0.2, 0) is 4.79 Å². The molecule has 0 aliphatic heterocycles. The number of aliphatic carboxylic acids is 1. The van der Waals surface area contributed by atoms with Gasteiger partial charge in [-0.15, -0.1) is 0 Å². The molecule has 0 atom stereocenters. The Balaban J connectivity index is 1.83. The van der Waals surface area contributed by atoms with Crippen LogP contribution in [-0.4, -0.2) is 41.1 Å². The summed E-state index contributed by atoms with van der Waals surface area (Å²) in [5, 5.41) is 11.9. The topological polar surface area (TPSA) is 69.6 Å². The number of nitrogens with one attached hydrogen (secondary N) is 1. The van der Waals surface area contributed by atoms with Crippen LogP contribution in [0.4, 0.5) is 4.79 Å². The van der Waals surface area contributed by atoms with Crippen molar-refractivity contribution >= 4 is 12.0 Å². The van der Waals surface area contributed by atoms with Gasteiger partial charge in [-0.25, -0.2) is 4.79 Å². The second kappa shape index (κ2) is 6.78. The first-order valence-electron chi connectivity index (χ1n) is 7.42. The maximum absolute atomic E-state index is 12.2. The van der Waals surface area contributed by atoms with E-state index in [0.717, 1.165) is 38.5 Å². The van der Waals surface area contributed by atoms with Crippen molar-refractivity contribution < 1.29 is 14.7 Å². The van der Waals surface area contributed by atoms with E-state index in [1.807, 2.05) is 0 Å². The molecule has 2 saturated carbocycles. The quantitative estimate of drug-likeness (QED) is 0.751. The summed E-state index contributed by atoms with van der Waals surface area (Å²) in [6.07, 6.45) is 9.09. The van der Waals surface area contributed by atoms with Crippen LogP contribution < -0.4 is 5.32 Å². The molecule has 0 spiro atoms. The molecule has 0 unspecified atom stereocenters. The second-order valence-corrected chi connectivity index (χ2v) is 5.86. The number of carbonyl (C=O) groups is 2. The molecule has 0 bridgehead atoms. The van der Waals surface area contributed by atoms with Crippen LogP contribution in [0.5, 0.6) is 0 Å². The smallest absolute Gasteiger partial charge is 0.323 e. The van der Waals surface area contributed by atoms with E-state index in [4.69, 9.17) is 5.11 Å². The van der Waals surface area contributed by atoms with E-state index in [0.29, 0.717) is 12.5 Å². The van der Waals surface area contributed by atoms with Gasteiger partial charge >= 0.3 is 12.0 Å². The molecule has 2 fully saturated rings. The van der Waals surface area contributed by atoms with E-state index in [9.17, 15) is 9.59 Å². The monoisotopic (exact) mass is 268 g/mol. The molecule has 5 heteroatoms. The van der Waals surface area contributed by atoms with Gasteiger partial charge in [0.2, 0.25) is 0 Å². The van der Waals surface area contributed by atoms with Crippen LogP contribution in [0.25, 0.3) is 0 Å². The lowest BCUT2D eigenvalue weighted by molar-refractivity contribution is -0.137. The van der Waals surface area contributed by atoms with Crippen LogP contribution in [0.15, 0.2) is 0 Å². The van der Waals surface area contributed by atoms with Crippen molar-refractivity contribution in [1.29, 1.82) is 0 Å². The van der Waals surface area contributed by atoms with E-state index in [-0.39, 0.29) is 18.6 Å². The third-order valence-electron chi connectivity index (χ3n) is 3.97. The number of carboxylic acid groups (broad SMARTS) is 1. The second-order valence-electron chi connectivity index (χ2n) is 5.86. The van der Waals surface area contributed by atoms with Gasteiger partial charge in [0.1, 0.15) is 6.54 Å². The van der Waals surface area contributed by atoms with Crippen LogP contribution >= 0.6 is 0 Å². The molecule has 0 heterocycles. The van der Waals surface area contributed by atoms with E-state index >= 15 is 0 Å². The Bertz CT molecular complexity index is 321. The summed E-state index contributed by atoms with van der Waals surface area (Å²) in [6, 6.07) is 0.0340. The van der Waals surface area contributed by atoms with Crippen molar-refractivity contribution in [1.82, 2.24) is 10.2 Å². The highest BCUT2D eigenvalue weighted by Crippen LogP contribution is 2.29. The third kappa shape index (κ3) is 5.09. The molecular weight excluding hydrogens is 244 g/mol. The molecule has 2 aliphatic carbocycles. The van der Waals surface area contributed by atoms with Crippen LogP contribution in [0.1, 0.15) is 51.4 Å². The summed E-state index contributed by atoms with van der Waals surface area (Å²) in [4.78, 5) is 24.5. The van der Waals surface area contributed by atoms with E-state index in [1.165, 1.54) is 17.7 Å². The van der Waals surface area contributed by atoms with E-state index < -0.39 is 5.97 Å². The lowest BCUT2D eigenvalue weighted by Gasteiger charge is -2.24. The summed E-state index contributed by atoms with van der Waals surface area (Å²) in [5.41, 5.74) is 0. The normalized spacial score (nSPS) is 20.6. The molecule has 5 nitrogen and oxygen atoms in total. The zero-order chi connectivity index (χ0) is 13.7. The molecular formula is C14H24N2O3. The van der Waals surface area contributed by atoms with Crippen molar-refractivity contribution in [2.75, 3.05) is 13.1 Å². The van der Waals surface area contributed by atoms with Crippen molar-refractivity contribution in [3.05, 3.63) is 0 Å². The highest BCUT2D eigenvalue weighted by atomic mass is 16.4. The van der Waals surface area contributed by atoms with Crippen LogP contribution in [0.2, 0.25) is 0 Å². The number of urea groups is 1. The molecule has 2 aliphatic rings. The number of carbonyl (C=O) groups excluding carboxylic acids is 1. The molecule has 0 aromatic heterocycles. The molecule has 0 radical (unpaired) electrons. The molecule has 108 valence electrons. The van der Waals surface area contributed by atoms with Gasteiger partial charge in [-0.1, -0.05) is 25.7 Å². The van der Waals surface area contributed by atoms with Crippen molar-refractivity contribution in [3.8, 4) is 0 Å². The predicted octanol–water partition coefficient (Wildman–Crippen LogP) is 2.22. The lowest BCUT2D eigenvalue weighted by atomic mass is 10.1. The fourth-order valence-corrected chi connectivity index (χ4v) is 2.68. The predicted molar refractivity (Wildman–Crippen MR) is 72.0 cm³/mol. The minimum absolute atomic E-state index is 0.185. The molecule has 19 heavy (non-hydrogen) atoms. The maximum atomic E-state index is 12.2. The maximum Gasteiger partial charge on any atom is 0.323 e. The highest BCUT2D eigenvalue weighted by molar-refractivity contribution is 5.80. The van der Waals surface area contributed by atoms with Crippen molar-refractivity contribution in [3.63, 3.8) is 0 Å². The summed E-state index contributed by atoms with van der Waals surface area (Å²) in [7, 11) is 0. The van der Waals surface area contributed by atoms with Crippen LogP contribution in [0, 0.1) is 5.92 Å². The van der Waals surface area contributed by atoms with Gasteiger partial charge in [0, 0.05) is 12.6 Å². The van der Waals surface area contributed by atoms with Gasteiger partial charge < -0.3 is 15.3 Å². The van der Waals surface area contributed by atoms with Crippen molar-refractivity contribution in [2.24, 2.45) is 5.92 Å². The summed E-state index contributed by atoms with van der Waals surface area (Å²) >= 11 is 0. The van der Waals surface area contributed by atoms with Gasteiger partial charge in [0.25, 0.3) is 0 Å². The number of rotatable bonds is 5. The van der Waals surface area contributed by atoms with Gasteiger partial charge in [-0.05, 0) is 31.6 Å². The Morgan fingerprint density at radius 2 is 1.68 bits per heavy atom. The Morgan fingerprint density at radius 1 is 1.05 bits per heavy atom. The molecule has 2 amide bonds. The first kappa shape index (κ1) is 14.2. The Labute approximate surface area is 114 Å². The standard InChI is InChI=1S/C14H24N2O3/c17-13(18)10-16(9-11-7-8-11)14(19)15-12-5-3-1-2-4-6-12/h11-12H,1-10H2,(H,15,19)(H,17,18). The first-order valence-corrected chi connectivity index (χ1v) is 7.42. The first-order chi connectivity index (χ1) is 9.15. The zero-order valence-corrected chi connectivity index (χ0v) is 11.4. The average Bonchev–Trinajstić information content (AvgIpc) is 3.15. The number of carboxylic acids is 1. The average molecular weight is 268 g/mol. The Morgan fingerprint density at radius 3 is 2.21 bits per heavy atom. The molecule has 0 aromatic carbocycles. The highest BCUT2D eigenvalue weighted by Gasteiger charge is 2.28. The lowest BCUT2D eigenvalue weighted by Crippen LogP contribution is -2.47. The minimum atomic E-state index is -0.934. The number of amides is 2. The van der Waals surface area contributed by atoms with E-state index in [2.05, 4.69) is 5.32 Å². The molecule has 0 aromatic rings. The fourth-order valence-electron chi connectivity index (χ4n) is 2.68. The summed E-state index contributed by atoms with van der Waals surface area (Å²) in [6.45, 7) is 0.403. The Kier molecular flexibility index (Phi) is 5.05. The number of nitrogens with zero attached hydrogens (tertiary/aromatic N) is 1. The molecule has 2 N–H and O–H groups in total. The number of hydrogen-bond donors (Lipinski definition) is 2. The third-order valence-corrected chi connectivity index (χ3v) is 3.97. The largest absolute Gasteiger partial charge is 0.480 e. The molecule has 0 saturated heterocycles. The zero-order valence-electron chi connectivity index (χ0n) is 11.4. The van der Waals surface area contributed by atoms with E-state index in [1.54, 1.807) is 0 Å². The summed E-state index contributed by atoms with van der Waals surface area (Å²) in [5.74, 6) is -0.420. The fraction of sp³-hybridized carbons (Fsp3) is 0.857. The van der Waals surface area contributed by atoms with Gasteiger partial charge in [0.15, 0.2) is 0 Å². The van der Waals surface area contributed by atoms with Gasteiger partial charge in [-0.3, -0.25) is 4.79 Å². The summed E-state index contributed by atoms with van der Waals surface area (Å²) < 4.78 is 0.